The molecular formula is C8H54Mo10N10O46-60. The summed E-state index contributed by atoms with van der Waals surface area (Å²) in [6.45, 7) is -1.86. The maximum absolute atomic E-state index is 9.59. The molecule has 0 aliphatic carbocycles. The van der Waals surface area contributed by atoms with Crippen LogP contribution in [0.4, 0.5) is 0 Å². The van der Waals surface area contributed by atoms with Crippen molar-refractivity contribution in [1.82, 2.24) is 59.8 Å². The van der Waals surface area contributed by atoms with Gasteiger partial charge in [0.05, 0.1) is 23.9 Å². The molecule has 66 heteroatoms. The molecule has 0 aromatic heterocycles. The van der Waals surface area contributed by atoms with E-state index in [0.29, 0.717) is 0 Å². The zero-order valence-electron chi connectivity index (χ0n) is 37.2. The van der Waals surface area contributed by atoms with Crippen LogP contribution in [0, 0.1) is 0 Å². The number of aliphatic carboxylic acids is 4. The van der Waals surface area contributed by atoms with Gasteiger partial charge in [0, 0.05) is 237 Å². The summed E-state index contributed by atoms with van der Waals surface area (Å²) in [6.07, 6.45) is 0. The van der Waals surface area contributed by atoms with E-state index in [1.165, 1.54) is 0 Å². The minimum Gasteiger partial charge on any atom is -2.00 e. The molecule has 0 amide bonds. The third-order valence-corrected chi connectivity index (χ3v) is 1.08. The van der Waals surface area contributed by atoms with Gasteiger partial charge < -0.3 is 308 Å². The SMILES string of the molecule is O.O.O.O.O.O.O=C([O-])CNCC(=O)[O-].O=C([O-])CNCC(=O)[O-].[Mo].[Mo].[Mo].[Mo].[Mo].[Mo].[Mo].[Mo].[Mo].[Mo].[NH4+].[NH4+].[NH4+].[NH4+].[NH4+].[NH4+].[NH4+].[NH4+].[O-2].[O-2].[O-2].[O-2].[O-2].[O-2].[O-2].[O-2].[O-2].[O-2].[O-2].[O-2].[O-2].[O-2].[O-2].[O-2].[O-2].[O-2].[O-2].[O-2].[O-2].[O-2].[O-2].[O-2].[O-2].[O-2].[O-2].[O-2].[O-2].[O-2].[O-2].[O-2]. The van der Waals surface area contributed by atoms with E-state index in [1.54, 1.807) is 0 Å². The molecule has 0 aromatic rings. The van der Waals surface area contributed by atoms with Gasteiger partial charge in [0.15, 0.2) is 0 Å². The minimum atomic E-state index is -1.34. The molecule has 74 heavy (non-hydrogen) atoms. The molecule has 0 fully saturated rings. The standard InChI is InChI=1S/2C4H7NO4.10Mo.8H3N.6H2O.32O/c2*6-3(7)1-5-2-4(8)9;;;;;;;;;;;;;;;;;;;;;;;;;;;;;;;;;;;;;;;;;;;;;;;;;;;;;;;;/h2*5H,1-2H2,(H,6,7)(H,8,9);;;;;;;;;;;8*1H3;6*1H2;;;;;;;;;;;;;;;;;;;;;;;;;;;;;;;;/q;;;;;;;;;;;;;;;;;;;;;;;;;;32*-2/p+4. The molecule has 46 N–H and O–H groups in total. The van der Waals surface area contributed by atoms with Gasteiger partial charge >= 0.3 is 0 Å². The summed E-state index contributed by atoms with van der Waals surface area (Å²) in [6, 6.07) is 0. The number of rotatable bonds is 8. The predicted molar refractivity (Wildman–Crippen MR) is 137 cm³/mol. The summed E-state index contributed by atoms with van der Waals surface area (Å²) in [5.41, 5.74) is 0. The molecule has 0 aromatic carbocycles. The first kappa shape index (κ1) is 1240. The second kappa shape index (κ2) is 978. The van der Waals surface area contributed by atoms with E-state index < -0.39 is 50.1 Å². The van der Waals surface area contributed by atoms with Crippen molar-refractivity contribution in [2.75, 3.05) is 26.2 Å². The van der Waals surface area contributed by atoms with Crippen LogP contribution in [0.3, 0.4) is 0 Å². The van der Waals surface area contributed by atoms with Gasteiger partial charge in [-0.1, -0.05) is 0 Å². The Bertz CT molecular complexity index is 335. The fourth-order valence-electron chi connectivity index (χ4n) is 0.533. The van der Waals surface area contributed by atoms with Crippen LogP contribution in [0.1, 0.15) is 0 Å². The van der Waals surface area contributed by atoms with E-state index in [1.807, 2.05) is 0 Å². The smallest absolute Gasteiger partial charge is 0.0552 e. The van der Waals surface area contributed by atoms with Crippen molar-refractivity contribution in [2.24, 2.45) is 0 Å². The van der Waals surface area contributed by atoms with Gasteiger partial charge in [0.25, 0.3) is 0 Å². The second-order valence-corrected chi connectivity index (χ2v) is 2.70. The van der Waals surface area contributed by atoms with Crippen LogP contribution in [0.5, 0.6) is 0 Å². The van der Waals surface area contributed by atoms with Crippen LogP contribution < -0.4 is 80.3 Å². The zero-order chi connectivity index (χ0) is 14.6. The molecule has 0 atom stereocenters. The van der Waals surface area contributed by atoms with Crippen molar-refractivity contribution in [3.05, 3.63) is 0 Å². The summed E-state index contributed by atoms with van der Waals surface area (Å²) in [5, 5.41) is 42.5. The van der Waals surface area contributed by atoms with Crippen LogP contribution in [-0.4, -0.2) is 82.9 Å². The van der Waals surface area contributed by atoms with Crippen molar-refractivity contribution < 1.29 is 458 Å². The molecule has 0 aliphatic heterocycles. The molecule has 0 radical (unpaired) electrons. The summed E-state index contributed by atoms with van der Waals surface area (Å²) in [5.74, 6) is -5.35. The largest absolute Gasteiger partial charge is 2.00 e. The summed E-state index contributed by atoms with van der Waals surface area (Å²) >= 11 is 0. The van der Waals surface area contributed by atoms with Gasteiger partial charge in [0.2, 0.25) is 0 Å². The minimum absolute atomic E-state index is 0. The van der Waals surface area contributed by atoms with Crippen LogP contribution in [0.15, 0.2) is 0 Å². The van der Waals surface area contributed by atoms with E-state index in [9.17, 15) is 39.6 Å². The number of hydrogen-bond donors (Lipinski definition) is 10. The third-order valence-electron chi connectivity index (χ3n) is 1.08. The molecule has 0 heterocycles. The van der Waals surface area contributed by atoms with Gasteiger partial charge in [-0.2, -0.15) is 0 Å². The van der Waals surface area contributed by atoms with Crippen LogP contribution in [0.2, 0.25) is 0 Å². The Morgan fingerprint density at radius 2 is 0.230 bits per heavy atom. The topological polar surface area (TPSA) is 1580 Å². The third kappa shape index (κ3) is 1850. The monoisotopic (exact) mass is 2010 g/mol. The number of carboxylic acid groups (broad SMARTS) is 4. The number of nitrogens with one attached hydrogen (secondary N) is 2. The maximum Gasteiger partial charge on any atom is 0.0552 e. The summed E-state index contributed by atoms with van der Waals surface area (Å²) < 4.78 is 0. The quantitative estimate of drug-likeness (QED) is 0.102. The summed E-state index contributed by atoms with van der Waals surface area (Å²) in [7, 11) is 0. The van der Waals surface area contributed by atoms with Gasteiger partial charge in [0.1, 0.15) is 0 Å². The van der Waals surface area contributed by atoms with E-state index >= 15 is 0 Å². The summed E-state index contributed by atoms with van der Waals surface area (Å²) in [4.78, 5) is 38.4. The normalized spacial score (nSPS) is 2.16. The Kier molecular flexibility index (Phi) is 16500. The van der Waals surface area contributed by atoms with Crippen molar-refractivity contribution in [3.8, 4) is 0 Å². The molecular weight excluding hydrogens is 1930 g/mol. The van der Waals surface area contributed by atoms with Crippen molar-refractivity contribution in [1.29, 1.82) is 0 Å². The molecule has 0 aliphatic rings. The van der Waals surface area contributed by atoms with E-state index in [4.69, 9.17) is 0 Å². The first-order valence-corrected chi connectivity index (χ1v) is 4.46. The van der Waals surface area contributed by atoms with E-state index in [2.05, 4.69) is 10.6 Å². The molecule has 0 spiro atoms. The first-order valence-electron chi connectivity index (χ1n) is 4.46. The van der Waals surface area contributed by atoms with Crippen molar-refractivity contribution in [3.63, 3.8) is 0 Å². The second-order valence-electron chi connectivity index (χ2n) is 2.70. The molecule has 56 nitrogen and oxygen atoms in total. The molecule has 0 bridgehead atoms. The van der Waals surface area contributed by atoms with Crippen LogP contribution in [0.25, 0.3) is 0 Å². The van der Waals surface area contributed by atoms with Crippen molar-refractivity contribution in [2.45, 2.75) is 0 Å². The molecule has 0 saturated carbocycles. The number of carbonyl (C=O) groups excluding carboxylic acids is 4. The number of hydrogen-bond acceptors (Lipinski definition) is 10. The fourth-order valence-corrected chi connectivity index (χ4v) is 0.533. The first-order chi connectivity index (χ1) is 8.25. The predicted octanol–water partition coefficient (Wildman–Crippen LogP) is -13.6. The van der Waals surface area contributed by atoms with Crippen molar-refractivity contribution >= 4 is 23.9 Å². The van der Waals surface area contributed by atoms with Gasteiger partial charge in [-0.05, 0) is 0 Å². The fraction of sp³-hybridized carbons (Fsp3) is 0.500. The van der Waals surface area contributed by atoms with Gasteiger partial charge in [-0.25, -0.2) is 0 Å². The Morgan fingerprint density at radius 3 is 0.257 bits per heavy atom. The van der Waals surface area contributed by atoms with Gasteiger partial charge in [-0.15, -0.1) is 0 Å². The molecule has 0 saturated heterocycles. The Hall–Kier alpha value is 2.84. The number of carbonyl (C=O) groups is 4. The maximum atomic E-state index is 9.59. The Balaban J connectivity index is -0.000000000703. The van der Waals surface area contributed by atoms with E-state index in [-0.39, 0.29) is 468 Å². The zero-order valence-corrected chi connectivity index (χ0v) is 57.3. The van der Waals surface area contributed by atoms with Crippen LogP contribution >= 0.6 is 0 Å². The molecule has 0 rings (SSSR count). The average Bonchev–Trinajstić information content (AvgIpc) is 2.15. The Morgan fingerprint density at radius 1 is 0.189 bits per heavy atom. The number of carboxylic acids is 4. The Labute approximate surface area is 562 Å². The number of quaternary nitrogens is 8. The average molecular weight is 1990 g/mol. The van der Waals surface area contributed by atoms with Gasteiger partial charge in [-0.3, -0.25) is 0 Å². The van der Waals surface area contributed by atoms with Crippen LogP contribution in [-0.2, 0) is 405 Å². The molecule has 0 unspecified atom stereocenters. The molecule has 532 valence electrons. The van der Waals surface area contributed by atoms with E-state index in [0.717, 1.165) is 0 Å².